The van der Waals surface area contributed by atoms with Gasteiger partial charge in [0, 0.05) is 17.3 Å². The summed E-state index contributed by atoms with van der Waals surface area (Å²) in [6.07, 6.45) is 1.47. The van der Waals surface area contributed by atoms with E-state index in [0.717, 1.165) is 0 Å². The van der Waals surface area contributed by atoms with Gasteiger partial charge in [-0.05, 0) is 40.8 Å². The molecule has 1 amide bonds. The standard InChI is InChI=1S/C16H13N5O3/c22-16(11-2-1-3-13(8-11)21-10-17-19-20-21)18-12-4-5-14-15(9-12)24-7-6-23-14/h1-5,8-10H,6-7H2,(H,18,22). The number of hydrogen-bond donors (Lipinski definition) is 1. The molecule has 1 aliphatic heterocycles. The van der Waals surface area contributed by atoms with Crippen LogP contribution in [0.2, 0.25) is 0 Å². The summed E-state index contributed by atoms with van der Waals surface area (Å²) in [6, 6.07) is 12.3. The van der Waals surface area contributed by atoms with E-state index >= 15 is 0 Å². The fraction of sp³-hybridized carbons (Fsp3) is 0.125. The molecule has 2 heterocycles. The van der Waals surface area contributed by atoms with Gasteiger partial charge in [0.2, 0.25) is 0 Å². The molecule has 0 spiro atoms. The number of fused-ring (bicyclic) bond motifs is 1. The maximum atomic E-state index is 12.5. The van der Waals surface area contributed by atoms with Gasteiger partial charge in [-0.15, -0.1) is 5.10 Å². The number of amides is 1. The lowest BCUT2D eigenvalue weighted by Gasteiger charge is -2.19. The zero-order valence-electron chi connectivity index (χ0n) is 12.5. The number of anilines is 1. The van der Waals surface area contributed by atoms with Crippen molar-refractivity contribution in [1.29, 1.82) is 0 Å². The van der Waals surface area contributed by atoms with Gasteiger partial charge >= 0.3 is 0 Å². The number of ether oxygens (including phenoxy) is 2. The summed E-state index contributed by atoms with van der Waals surface area (Å²) in [5.74, 6) is 1.07. The number of hydrogen-bond acceptors (Lipinski definition) is 6. The number of carbonyl (C=O) groups is 1. The summed E-state index contributed by atoms with van der Waals surface area (Å²) >= 11 is 0. The SMILES string of the molecule is O=C(Nc1ccc2c(c1)OCCO2)c1cccc(-n2cnnn2)c1. The van der Waals surface area contributed by atoms with Crippen molar-refractivity contribution in [2.45, 2.75) is 0 Å². The van der Waals surface area contributed by atoms with Crippen molar-refractivity contribution in [3.63, 3.8) is 0 Å². The third-order valence-electron chi connectivity index (χ3n) is 3.52. The first-order chi connectivity index (χ1) is 11.8. The van der Waals surface area contributed by atoms with Crippen LogP contribution in [0, 0.1) is 0 Å². The van der Waals surface area contributed by atoms with E-state index in [1.165, 1.54) is 11.0 Å². The van der Waals surface area contributed by atoms with Gasteiger partial charge in [-0.2, -0.15) is 0 Å². The first-order valence-corrected chi connectivity index (χ1v) is 7.34. The van der Waals surface area contributed by atoms with Crippen molar-refractivity contribution in [1.82, 2.24) is 20.2 Å². The summed E-state index contributed by atoms with van der Waals surface area (Å²) in [5.41, 5.74) is 1.84. The molecule has 2 aromatic carbocycles. The van der Waals surface area contributed by atoms with Crippen molar-refractivity contribution in [2.24, 2.45) is 0 Å². The minimum atomic E-state index is -0.235. The van der Waals surface area contributed by atoms with Gasteiger partial charge in [0.05, 0.1) is 5.69 Å². The molecule has 3 aromatic rings. The van der Waals surface area contributed by atoms with Crippen LogP contribution in [0.5, 0.6) is 11.5 Å². The molecule has 0 aliphatic carbocycles. The Balaban J connectivity index is 1.55. The van der Waals surface area contributed by atoms with Crippen LogP contribution in [0.1, 0.15) is 10.4 Å². The highest BCUT2D eigenvalue weighted by molar-refractivity contribution is 6.04. The Morgan fingerprint density at radius 3 is 2.79 bits per heavy atom. The maximum Gasteiger partial charge on any atom is 0.255 e. The summed E-state index contributed by atoms with van der Waals surface area (Å²) < 4.78 is 12.5. The lowest BCUT2D eigenvalue weighted by Crippen LogP contribution is -2.16. The molecule has 8 heteroatoms. The lowest BCUT2D eigenvalue weighted by atomic mass is 10.2. The van der Waals surface area contributed by atoms with Crippen LogP contribution in [0.15, 0.2) is 48.8 Å². The van der Waals surface area contributed by atoms with Crippen LogP contribution < -0.4 is 14.8 Å². The fourth-order valence-corrected chi connectivity index (χ4v) is 2.39. The monoisotopic (exact) mass is 323 g/mol. The van der Waals surface area contributed by atoms with Crippen LogP contribution >= 0.6 is 0 Å². The van der Waals surface area contributed by atoms with Crippen molar-refractivity contribution >= 4 is 11.6 Å². The molecule has 24 heavy (non-hydrogen) atoms. The number of aromatic nitrogens is 4. The molecule has 0 atom stereocenters. The molecule has 1 aromatic heterocycles. The maximum absolute atomic E-state index is 12.5. The van der Waals surface area contributed by atoms with E-state index in [2.05, 4.69) is 20.8 Å². The highest BCUT2D eigenvalue weighted by atomic mass is 16.6. The average Bonchev–Trinajstić information content (AvgIpc) is 3.16. The molecule has 0 bridgehead atoms. The van der Waals surface area contributed by atoms with Gasteiger partial charge in [-0.25, -0.2) is 4.68 Å². The Hall–Kier alpha value is -3.42. The van der Waals surface area contributed by atoms with Gasteiger partial charge in [-0.1, -0.05) is 6.07 Å². The number of carbonyl (C=O) groups excluding carboxylic acids is 1. The summed E-state index contributed by atoms with van der Waals surface area (Å²) in [6.45, 7) is 1.03. The third-order valence-corrected chi connectivity index (χ3v) is 3.52. The number of tetrazole rings is 1. The molecule has 1 aliphatic rings. The van der Waals surface area contributed by atoms with E-state index in [-0.39, 0.29) is 5.91 Å². The highest BCUT2D eigenvalue weighted by Crippen LogP contribution is 2.32. The van der Waals surface area contributed by atoms with Gasteiger partial charge in [0.15, 0.2) is 11.5 Å². The zero-order chi connectivity index (χ0) is 16.4. The molecule has 0 fully saturated rings. The van der Waals surface area contributed by atoms with Crippen LogP contribution in [-0.4, -0.2) is 39.3 Å². The van der Waals surface area contributed by atoms with Crippen molar-refractivity contribution in [3.05, 3.63) is 54.4 Å². The Labute approximate surface area is 137 Å². The molecule has 1 N–H and O–H groups in total. The van der Waals surface area contributed by atoms with Crippen LogP contribution in [0.25, 0.3) is 5.69 Å². The second-order valence-electron chi connectivity index (χ2n) is 5.12. The quantitative estimate of drug-likeness (QED) is 0.788. The smallest absolute Gasteiger partial charge is 0.255 e. The molecular formula is C16H13N5O3. The van der Waals surface area contributed by atoms with E-state index < -0.39 is 0 Å². The molecule has 0 radical (unpaired) electrons. The number of rotatable bonds is 3. The minimum absolute atomic E-state index is 0.235. The van der Waals surface area contributed by atoms with Gasteiger partial charge in [0.25, 0.3) is 5.91 Å². The van der Waals surface area contributed by atoms with E-state index in [1.54, 1.807) is 36.4 Å². The highest BCUT2D eigenvalue weighted by Gasteiger charge is 2.14. The number of benzene rings is 2. The number of nitrogens with zero attached hydrogens (tertiary/aromatic N) is 4. The molecule has 8 nitrogen and oxygen atoms in total. The van der Waals surface area contributed by atoms with Gasteiger partial charge < -0.3 is 14.8 Å². The fourth-order valence-electron chi connectivity index (χ4n) is 2.39. The molecular weight excluding hydrogens is 310 g/mol. The van der Waals surface area contributed by atoms with E-state index in [4.69, 9.17) is 9.47 Å². The van der Waals surface area contributed by atoms with Crippen LogP contribution in [0.4, 0.5) is 5.69 Å². The largest absolute Gasteiger partial charge is 0.486 e. The molecule has 120 valence electrons. The summed E-state index contributed by atoms with van der Waals surface area (Å²) in [5, 5.41) is 13.8. The topological polar surface area (TPSA) is 91.2 Å². The Morgan fingerprint density at radius 2 is 1.96 bits per heavy atom. The first kappa shape index (κ1) is 14.2. The molecule has 0 saturated heterocycles. The predicted molar refractivity (Wildman–Crippen MR) is 84.5 cm³/mol. The van der Waals surface area contributed by atoms with E-state index in [1.807, 2.05) is 6.07 Å². The van der Waals surface area contributed by atoms with Gasteiger partial charge in [-0.3, -0.25) is 4.79 Å². The minimum Gasteiger partial charge on any atom is -0.486 e. The third kappa shape index (κ3) is 2.76. The normalized spacial score (nSPS) is 12.7. The lowest BCUT2D eigenvalue weighted by molar-refractivity contribution is 0.102. The Kier molecular flexibility index (Phi) is 3.54. The zero-order valence-corrected chi connectivity index (χ0v) is 12.5. The summed E-state index contributed by atoms with van der Waals surface area (Å²) in [7, 11) is 0. The molecule has 4 rings (SSSR count). The molecule has 0 saturated carbocycles. The van der Waals surface area contributed by atoms with E-state index in [0.29, 0.717) is 41.7 Å². The Morgan fingerprint density at radius 1 is 1.08 bits per heavy atom. The van der Waals surface area contributed by atoms with Crippen LogP contribution in [0.3, 0.4) is 0 Å². The molecule has 0 unspecified atom stereocenters. The predicted octanol–water partition coefficient (Wildman–Crippen LogP) is 1.69. The van der Waals surface area contributed by atoms with Crippen molar-refractivity contribution in [3.8, 4) is 17.2 Å². The van der Waals surface area contributed by atoms with Gasteiger partial charge in [0.1, 0.15) is 19.5 Å². The number of nitrogens with one attached hydrogen (secondary N) is 1. The van der Waals surface area contributed by atoms with Crippen molar-refractivity contribution < 1.29 is 14.3 Å². The first-order valence-electron chi connectivity index (χ1n) is 7.34. The van der Waals surface area contributed by atoms with Crippen LogP contribution in [-0.2, 0) is 0 Å². The average molecular weight is 323 g/mol. The van der Waals surface area contributed by atoms with E-state index in [9.17, 15) is 4.79 Å². The Bertz CT molecular complexity index is 879. The van der Waals surface area contributed by atoms with Crippen molar-refractivity contribution in [2.75, 3.05) is 18.5 Å². The second-order valence-corrected chi connectivity index (χ2v) is 5.12. The summed E-state index contributed by atoms with van der Waals surface area (Å²) in [4.78, 5) is 12.5. The second kappa shape index (κ2) is 5.99.